The topological polar surface area (TPSA) is 226 Å². The maximum Gasteiger partial charge on any atom is 0.182 e. The Kier molecular flexibility index (Phi) is 34.9. The molecule has 9 aromatic carbocycles. The minimum absolute atomic E-state index is 0.0349. The minimum atomic E-state index is -1.00. The maximum absolute atomic E-state index is 15.0. The van der Waals surface area contributed by atoms with E-state index < -0.39 is 70.9 Å². The Morgan fingerprint density at radius 2 is 0.856 bits per heavy atom. The van der Waals surface area contributed by atoms with E-state index in [1.54, 1.807) is 87.3 Å². The van der Waals surface area contributed by atoms with E-state index in [2.05, 4.69) is 44.2 Å². The molecule has 14 rings (SSSR count). The summed E-state index contributed by atoms with van der Waals surface area (Å²) in [6.45, 7) is 13.2. The molecule has 2 aliphatic heterocycles. The van der Waals surface area contributed by atoms with Crippen molar-refractivity contribution in [2.24, 2.45) is 15.4 Å². The van der Waals surface area contributed by atoms with Gasteiger partial charge in [-0.1, -0.05) is 118 Å². The largest absolute Gasteiger partial charge is 0.495 e. The molecule has 1 saturated heterocycles. The molecule has 0 saturated carbocycles. The van der Waals surface area contributed by atoms with Crippen molar-refractivity contribution in [1.29, 1.82) is 10.5 Å². The molecule has 2 N–H and O–H groups in total. The number of thioether (sulfide) groups is 2. The maximum atomic E-state index is 15.0. The van der Waals surface area contributed by atoms with Gasteiger partial charge in [0.25, 0.3) is 0 Å². The standard InChI is InChI=1S/C29H25ClF3N5O2S.C28H23ClF3N3O2S.C19H18ClFN2OS.C9H7F2NO2.C4H8O.CH3F/c1-29(2,17-4-9-23(30)26(10-17)39-3)27-14-34-28(38(27)20-7-5-18(31)6-8-20)41-16-22-24(32)11-21(12-25(22)33)40-15-19-13-35-37-36-19;1-28(2,17-4-9-22(29)25(12-17)36-3)26-15-34-27(35(26)19-7-5-18(30)6-8-19)38-16-21-23(31)13-20(14-24(21)32)37-11-10-33;1-19(2,12-4-9-15(20)16(10-12)24-3)17-11-22-18(25)23(17)14-7-5-13(21)6-8-14;10-8-3-6(14-2-1-12)4-9(11)7(8)5-13;1-2-4-5-3-1;1-2/h4-12,14H,13,15-16H2,1-3H3;4-9,12-15H,11,16H2,1-3H3;4-11H,1-3H3,(H,22,25);3-4,13H,2,5H2;1-4H2;1H3/i;;;;;1D. The number of methoxy groups -OCH3 is 3. The molecular formula is C90H84Cl3F10N11O8S3. The molecule has 35 heteroatoms. The molecule has 0 amide bonds. The summed E-state index contributed by atoms with van der Waals surface area (Å²) in [4.78, 5) is 12.3. The van der Waals surface area contributed by atoms with Crippen LogP contribution in [-0.4, -0.2) is 108 Å². The lowest BCUT2D eigenvalue weighted by molar-refractivity contribution is 0.198. The first-order valence-corrected chi connectivity index (χ1v) is 41.3. The molecule has 125 heavy (non-hydrogen) atoms. The number of nitrogens with one attached hydrogen (secondary N) is 1. The SMILES string of the molecule is C1CCOC1.COc1cc(C(C)(C)c2c[nH]c(=S)n2-c2ccc(F)cc2)ccc1Cl.COc1cc(C(C)(C)c2cnc(SCc3c(F)cc(OCC#N)cc3F)n2-c2ccc(F)cc2)ccc1Cl.COc1cc(C(C)(C)c2cnc(SCc3c(F)cc(OCC4=NN=NC4)cc3F)n2-c2ccc(F)cc2)ccc1Cl.N#CCOc1cc(F)c(CO)c(F)c1.[2H]CF. The number of ether oxygens (including phenoxy) is 7. The highest BCUT2D eigenvalue weighted by Gasteiger charge is 2.34. The van der Waals surface area contributed by atoms with E-state index in [9.17, 15) is 35.1 Å². The number of alkyl halides is 1. The van der Waals surface area contributed by atoms with Crippen LogP contribution in [0.3, 0.4) is 0 Å². The summed E-state index contributed by atoms with van der Waals surface area (Å²) < 4.78 is 184. The number of aromatic amines is 1. The lowest BCUT2D eigenvalue weighted by Crippen LogP contribution is -2.23. The zero-order valence-corrected chi connectivity index (χ0v) is 73.4. The molecule has 12 aromatic rings. The number of hydrogen-bond acceptors (Lipinski definition) is 18. The predicted molar refractivity (Wildman–Crippen MR) is 464 cm³/mol. The lowest BCUT2D eigenvalue weighted by Gasteiger charge is -2.28. The van der Waals surface area contributed by atoms with Crippen LogP contribution in [0.5, 0.6) is 34.5 Å². The van der Waals surface area contributed by atoms with Crippen LogP contribution in [-0.2, 0) is 39.1 Å². The second kappa shape index (κ2) is 45.5. The van der Waals surface area contributed by atoms with Crippen molar-refractivity contribution in [2.45, 2.75) is 99.1 Å². The summed E-state index contributed by atoms with van der Waals surface area (Å²) >= 11 is 26.4. The molecule has 0 radical (unpaired) electrons. The van der Waals surface area contributed by atoms with Gasteiger partial charge in [0.2, 0.25) is 0 Å². The number of benzene rings is 9. The van der Waals surface area contributed by atoms with Gasteiger partial charge < -0.3 is 43.2 Å². The normalized spacial score (nSPS) is 12.2. The summed E-state index contributed by atoms with van der Waals surface area (Å²) in [6.07, 6.45) is 7.84. The van der Waals surface area contributed by atoms with E-state index in [0.717, 1.165) is 113 Å². The van der Waals surface area contributed by atoms with E-state index in [1.807, 2.05) is 90.1 Å². The van der Waals surface area contributed by atoms with Crippen molar-refractivity contribution in [2.75, 3.05) is 68.1 Å². The van der Waals surface area contributed by atoms with Gasteiger partial charge in [-0.05, 0) is 156 Å². The third-order valence-corrected chi connectivity index (χ3v) is 22.8. The monoisotopic (exact) mass is 1840 g/mol. The molecule has 0 spiro atoms. The van der Waals surface area contributed by atoms with Gasteiger partial charge >= 0.3 is 0 Å². The number of nitriles is 2. The smallest absolute Gasteiger partial charge is 0.182 e. The number of imidazole rings is 3. The fourth-order valence-corrected chi connectivity index (χ4v) is 15.5. The number of hydrogen-bond donors (Lipinski definition) is 2. The highest BCUT2D eigenvalue weighted by Crippen LogP contribution is 2.44. The zero-order chi connectivity index (χ0) is 91.6. The third kappa shape index (κ3) is 24.8. The number of aliphatic hydroxyl groups is 1. The van der Waals surface area contributed by atoms with Crippen LogP contribution in [0.15, 0.2) is 208 Å². The molecule has 0 atom stereocenters. The van der Waals surface area contributed by atoms with Gasteiger partial charge in [0.05, 0.1) is 81.0 Å². The van der Waals surface area contributed by atoms with E-state index >= 15 is 8.78 Å². The van der Waals surface area contributed by atoms with E-state index in [-0.39, 0.29) is 76.8 Å². The fourth-order valence-electron chi connectivity index (χ4n) is 12.6. The molecule has 0 aliphatic carbocycles. The summed E-state index contributed by atoms with van der Waals surface area (Å²) in [5.74, 6) is -4.46. The average Bonchev–Trinajstić information content (AvgIpc) is 1.59. The van der Waals surface area contributed by atoms with Crippen molar-refractivity contribution in [1.82, 2.24) is 28.7 Å². The first-order chi connectivity index (χ1) is 60.3. The molecule has 5 heterocycles. The van der Waals surface area contributed by atoms with E-state index in [0.29, 0.717) is 71.0 Å². The molecule has 0 unspecified atom stereocenters. The van der Waals surface area contributed by atoms with Crippen LogP contribution >= 0.6 is 70.5 Å². The van der Waals surface area contributed by atoms with Gasteiger partial charge in [0, 0.05) is 117 Å². The highest BCUT2D eigenvalue weighted by atomic mass is 35.5. The Morgan fingerprint density at radius 1 is 0.512 bits per heavy atom. The molecular weight excluding hydrogens is 1760 g/mol. The molecule has 19 nitrogen and oxygen atoms in total. The second-order valence-corrected chi connectivity index (χ2v) is 32.1. The van der Waals surface area contributed by atoms with Crippen LogP contribution in [0.4, 0.5) is 43.9 Å². The van der Waals surface area contributed by atoms with Crippen LogP contribution in [0.25, 0.3) is 17.1 Å². The fraction of sp³-hybridized carbons (Fsp3) is 0.267. The van der Waals surface area contributed by atoms with Gasteiger partial charge in [-0.2, -0.15) is 15.6 Å². The molecule has 3 aromatic heterocycles. The van der Waals surface area contributed by atoms with Crippen molar-refractivity contribution in [3.63, 3.8) is 0 Å². The quantitative estimate of drug-likeness (QED) is 0.0292. The average molecular weight is 1840 g/mol. The number of H-pyrrole nitrogens is 1. The molecule has 1 fully saturated rings. The minimum Gasteiger partial charge on any atom is -0.495 e. The van der Waals surface area contributed by atoms with Crippen molar-refractivity contribution in [3.8, 4) is 63.7 Å². The number of halogens is 13. The van der Waals surface area contributed by atoms with E-state index in [1.165, 1.54) is 56.3 Å². The molecule has 656 valence electrons. The van der Waals surface area contributed by atoms with Crippen LogP contribution < -0.4 is 28.4 Å². The predicted octanol–water partition coefficient (Wildman–Crippen LogP) is 23.6. The highest BCUT2D eigenvalue weighted by molar-refractivity contribution is 7.98. The van der Waals surface area contributed by atoms with Gasteiger partial charge in [-0.15, -0.1) is 5.10 Å². The van der Waals surface area contributed by atoms with Crippen LogP contribution in [0.2, 0.25) is 15.1 Å². The summed E-state index contributed by atoms with van der Waals surface area (Å²) in [7, 11) is 3.67. The Morgan fingerprint density at radius 3 is 1.18 bits per heavy atom. The Labute approximate surface area is 745 Å². The van der Waals surface area contributed by atoms with E-state index in [4.69, 9.17) is 97.2 Å². The van der Waals surface area contributed by atoms with Gasteiger partial charge in [-0.3, -0.25) is 18.1 Å². The zero-order valence-electron chi connectivity index (χ0n) is 69.7. The molecule has 2 aliphatic rings. The second-order valence-electron chi connectivity index (χ2n) is 28.6. The number of aromatic nitrogens is 6. The Balaban J connectivity index is 0.000000194. The molecule has 0 bridgehead atoms. The third-order valence-electron chi connectivity index (χ3n) is 19.6. The van der Waals surface area contributed by atoms with Crippen molar-refractivity contribution >= 4 is 76.3 Å². The first kappa shape index (κ1) is 95.9. The number of aliphatic hydroxyl groups excluding tert-OH is 1. The lowest BCUT2D eigenvalue weighted by atomic mass is 9.81. The summed E-state index contributed by atoms with van der Waals surface area (Å²) in [5.41, 5.74) is 5.65. The summed E-state index contributed by atoms with van der Waals surface area (Å²) in [5, 5.41) is 38.8. The Bertz CT molecular complexity index is 5860. The Hall–Kier alpha value is -11.3. The summed E-state index contributed by atoms with van der Waals surface area (Å²) in [6, 6.07) is 44.5. The van der Waals surface area contributed by atoms with Crippen molar-refractivity contribution < 1.29 is 83.5 Å². The van der Waals surface area contributed by atoms with Crippen molar-refractivity contribution in [3.05, 3.63) is 305 Å². The van der Waals surface area contributed by atoms with Gasteiger partial charge in [0.15, 0.2) is 28.3 Å². The first-order valence-electron chi connectivity index (χ1n) is 38.5. The van der Waals surface area contributed by atoms with Gasteiger partial charge in [0.1, 0.15) is 118 Å². The van der Waals surface area contributed by atoms with Crippen LogP contribution in [0.1, 0.15) is 106 Å². The van der Waals surface area contributed by atoms with Gasteiger partial charge in [-0.25, -0.2) is 49.5 Å². The number of nitrogens with zero attached hydrogens (tertiary/aromatic N) is 10. The number of rotatable bonds is 26. The van der Waals surface area contributed by atoms with Crippen LogP contribution in [0, 0.1) is 79.8 Å².